The van der Waals surface area contributed by atoms with Crippen LogP contribution in [0.3, 0.4) is 0 Å². The van der Waals surface area contributed by atoms with Gasteiger partial charge in [-0.25, -0.2) is 13.6 Å². The van der Waals surface area contributed by atoms with E-state index >= 15 is 0 Å². The molecule has 7 nitrogen and oxygen atoms in total. The van der Waals surface area contributed by atoms with E-state index in [0.29, 0.717) is 23.9 Å². The van der Waals surface area contributed by atoms with Crippen LogP contribution in [-0.2, 0) is 24.3 Å². The summed E-state index contributed by atoms with van der Waals surface area (Å²) >= 11 is 0. The van der Waals surface area contributed by atoms with Crippen molar-refractivity contribution in [1.29, 1.82) is 0 Å². The number of amides is 1. The van der Waals surface area contributed by atoms with E-state index in [-0.39, 0.29) is 17.5 Å². The van der Waals surface area contributed by atoms with Gasteiger partial charge in [-0.2, -0.15) is 0 Å². The number of nitrogens with two attached hydrogens (primary N) is 1. The number of carbonyl (C=O) groups is 2. The third-order valence-corrected chi connectivity index (χ3v) is 6.07. The predicted octanol–water partition coefficient (Wildman–Crippen LogP) is 1.64. The van der Waals surface area contributed by atoms with E-state index in [9.17, 15) is 18.0 Å². The van der Waals surface area contributed by atoms with Crippen LogP contribution in [0, 0.1) is 17.8 Å². The lowest BCUT2D eigenvalue weighted by atomic mass is 9.86. The highest BCUT2D eigenvalue weighted by atomic mass is 32.2. The van der Waals surface area contributed by atoms with Crippen LogP contribution in [0.4, 0.5) is 5.69 Å². The maximum absolute atomic E-state index is 11.9. The van der Waals surface area contributed by atoms with Crippen LogP contribution >= 0.6 is 0 Å². The molecule has 1 amide bonds. The minimum absolute atomic E-state index is 0.0391. The number of rotatable bonds is 6. The normalized spacial score (nSPS) is 24.9. The first-order valence-corrected chi connectivity index (χ1v) is 9.94. The van der Waals surface area contributed by atoms with Gasteiger partial charge in [0.05, 0.1) is 4.90 Å². The standard InChI is InChI=1S/C17H22N2O5S/c18-25(22,23)15-5-3-14(4-6-15)19-16(20)10-24-17(21)9-13-8-11-1-2-12(13)7-11/h3-6,11-13H,1-2,7-10H2,(H,19,20)(H2,18,22,23)/t11-,12-,13-/m1/s1. The molecule has 2 fully saturated rings. The Kier molecular flexibility index (Phi) is 5.10. The predicted molar refractivity (Wildman–Crippen MR) is 91.0 cm³/mol. The molecular formula is C17H22N2O5S. The molecule has 0 unspecified atom stereocenters. The lowest BCUT2D eigenvalue weighted by Crippen LogP contribution is -2.23. The molecular weight excluding hydrogens is 344 g/mol. The number of ether oxygens (including phenoxy) is 1. The fraction of sp³-hybridized carbons (Fsp3) is 0.529. The quantitative estimate of drug-likeness (QED) is 0.743. The Hall–Kier alpha value is -1.93. The van der Waals surface area contributed by atoms with Crippen LogP contribution in [0.5, 0.6) is 0 Å². The van der Waals surface area contributed by atoms with Gasteiger partial charge in [-0.15, -0.1) is 0 Å². The van der Waals surface area contributed by atoms with Gasteiger partial charge in [0.25, 0.3) is 5.91 Å². The van der Waals surface area contributed by atoms with Gasteiger partial charge >= 0.3 is 5.97 Å². The molecule has 0 heterocycles. The van der Waals surface area contributed by atoms with E-state index in [1.54, 1.807) is 0 Å². The number of esters is 1. The third kappa shape index (κ3) is 4.58. The van der Waals surface area contributed by atoms with Gasteiger partial charge in [0.2, 0.25) is 10.0 Å². The molecule has 1 aromatic carbocycles. The molecule has 2 aliphatic rings. The minimum Gasteiger partial charge on any atom is -0.456 e. The van der Waals surface area contributed by atoms with Crippen molar-refractivity contribution in [3.05, 3.63) is 24.3 Å². The Bertz CT molecular complexity index is 760. The molecule has 3 rings (SSSR count). The first-order valence-electron chi connectivity index (χ1n) is 8.39. The number of sulfonamides is 1. The Labute approximate surface area is 147 Å². The third-order valence-electron chi connectivity index (χ3n) is 5.14. The van der Waals surface area contributed by atoms with E-state index in [1.165, 1.54) is 43.5 Å². The Morgan fingerprint density at radius 3 is 2.44 bits per heavy atom. The molecule has 2 aliphatic carbocycles. The molecule has 0 aromatic heterocycles. The number of benzene rings is 1. The second kappa shape index (κ2) is 7.13. The summed E-state index contributed by atoms with van der Waals surface area (Å²) in [5.74, 6) is 1.01. The highest BCUT2D eigenvalue weighted by Crippen LogP contribution is 2.49. The summed E-state index contributed by atoms with van der Waals surface area (Å²) in [4.78, 5) is 23.7. The topological polar surface area (TPSA) is 116 Å². The zero-order valence-electron chi connectivity index (χ0n) is 13.8. The zero-order chi connectivity index (χ0) is 18.0. The van der Waals surface area contributed by atoms with Crippen LogP contribution in [0.1, 0.15) is 32.1 Å². The lowest BCUT2D eigenvalue weighted by Gasteiger charge is -2.20. The van der Waals surface area contributed by atoms with Gasteiger partial charge in [0.1, 0.15) is 0 Å². The number of hydrogen-bond acceptors (Lipinski definition) is 5. The second-order valence-corrected chi connectivity index (χ2v) is 8.48. The molecule has 2 bridgehead atoms. The first kappa shape index (κ1) is 17.9. The molecule has 3 N–H and O–H groups in total. The van der Waals surface area contributed by atoms with E-state index in [2.05, 4.69) is 5.32 Å². The molecule has 0 saturated heterocycles. The van der Waals surface area contributed by atoms with E-state index in [0.717, 1.165) is 12.3 Å². The summed E-state index contributed by atoms with van der Waals surface area (Å²) in [6.07, 6.45) is 5.20. The number of primary sulfonamides is 1. The maximum atomic E-state index is 11.9. The van der Waals surface area contributed by atoms with Crippen LogP contribution in [-0.4, -0.2) is 26.9 Å². The van der Waals surface area contributed by atoms with Crippen molar-refractivity contribution in [3.8, 4) is 0 Å². The van der Waals surface area contributed by atoms with Crippen molar-refractivity contribution in [1.82, 2.24) is 0 Å². The van der Waals surface area contributed by atoms with Gasteiger partial charge in [0, 0.05) is 12.1 Å². The highest BCUT2D eigenvalue weighted by molar-refractivity contribution is 7.89. The number of nitrogens with one attached hydrogen (secondary N) is 1. The average Bonchev–Trinajstić information content (AvgIpc) is 3.15. The molecule has 8 heteroatoms. The number of fused-ring (bicyclic) bond motifs is 2. The SMILES string of the molecule is NS(=O)(=O)c1ccc(NC(=O)COC(=O)C[C@H]2C[C@@H]3CC[C@@H]2C3)cc1. The minimum atomic E-state index is -3.77. The van der Waals surface area contributed by atoms with E-state index < -0.39 is 15.9 Å². The van der Waals surface area contributed by atoms with Gasteiger partial charge in [-0.1, -0.05) is 6.42 Å². The number of anilines is 1. The number of carbonyl (C=O) groups excluding carboxylic acids is 2. The van der Waals surface area contributed by atoms with E-state index in [1.807, 2.05) is 0 Å². The van der Waals surface area contributed by atoms with Gasteiger partial charge < -0.3 is 10.1 Å². The molecule has 0 spiro atoms. The van der Waals surface area contributed by atoms with Crippen molar-refractivity contribution in [2.45, 2.75) is 37.0 Å². The van der Waals surface area contributed by atoms with Crippen molar-refractivity contribution in [2.24, 2.45) is 22.9 Å². The summed E-state index contributed by atoms with van der Waals surface area (Å²) in [5.41, 5.74) is 0.404. The van der Waals surface area contributed by atoms with Crippen LogP contribution < -0.4 is 10.5 Å². The molecule has 0 radical (unpaired) electrons. The van der Waals surface area contributed by atoms with Crippen molar-refractivity contribution in [2.75, 3.05) is 11.9 Å². The van der Waals surface area contributed by atoms with E-state index in [4.69, 9.17) is 9.88 Å². The van der Waals surface area contributed by atoms with Crippen molar-refractivity contribution >= 4 is 27.6 Å². The number of hydrogen-bond donors (Lipinski definition) is 2. The van der Waals surface area contributed by atoms with Crippen LogP contribution in [0.25, 0.3) is 0 Å². The zero-order valence-corrected chi connectivity index (χ0v) is 14.6. The molecule has 2 saturated carbocycles. The summed E-state index contributed by atoms with van der Waals surface area (Å²) in [6, 6.07) is 5.45. The maximum Gasteiger partial charge on any atom is 0.306 e. The summed E-state index contributed by atoms with van der Waals surface area (Å²) < 4.78 is 27.4. The first-order chi connectivity index (χ1) is 11.8. The monoisotopic (exact) mass is 366 g/mol. The average molecular weight is 366 g/mol. The molecule has 136 valence electrons. The summed E-state index contributed by atoms with van der Waals surface area (Å²) in [6.45, 7) is -0.351. The van der Waals surface area contributed by atoms with Crippen LogP contribution in [0.15, 0.2) is 29.2 Å². The molecule has 0 aliphatic heterocycles. The molecule has 1 aromatic rings. The van der Waals surface area contributed by atoms with Crippen molar-refractivity contribution < 1.29 is 22.7 Å². The fourth-order valence-electron chi connectivity index (χ4n) is 3.97. The Morgan fingerprint density at radius 2 is 1.88 bits per heavy atom. The lowest BCUT2D eigenvalue weighted by molar-refractivity contribution is -0.148. The van der Waals surface area contributed by atoms with Gasteiger partial charge in [-0.05, 0) is 61.3 Å². The second-order valence-electron chi connectivity index (χ2n) is 6.92. The molecule has 25 heavy (non-hydrogen) atoms. The van der Waals surface area contributed by atoms with Gasteiger partial charge in [0.15, 0.2) is 6.61 Å². The van der Waals surface area contributed by atoms with Crippen molar-refractivity contribution in [3.63, 3.8) is 0 Å². The largest absolute Gasteiger partial charge is 0.456 e. The smallest absolute Gasteiger partial charge is 0.306 e. The summed E-state index contributed by atoms with van der Waals surface area (Å²) in [7, 11) is -3.77. The highest BCUT2D eigenvalue weighted by Gasteiger charge is 2.40. The van der Waals surface area contributed by atoms with Gasteiger partial charge in [-0.3, -0.25) is 9.59 Å². The Balaban J connectivity index is 1.42. The molecule has 3 atom stereocenters. The Morgan fingerprint density at radius 1 is 1.16 bits per heavy atom. The fourth-order valence-corrected chi connectivity index (χ4v) is 4.49. The van der Waals surface area contributed by atoms with Crippen LogP contribution in [0.2, 0.25) is 0 Å². The summed E-state index contributed by atoms with van der Waals surface area (Å²) in [5, 5.41) is 7.55.